The van der Waals surface area contributed by atoms with Crippen LogP contribution in [-0.4, -0.2) is 55.4 Å². The normalized spacial score (nSPS) is 18.1. The van der Waals surface area contributed by atoms with E-state index in [2.05, 4.69) is 5.32 Å². The largest absolute Gasteiger partial charge is 0.507 e. The van der Waals surface area contributed by atoms with Crippen LogP contribution >= 0.6 is 0 Å². The number of hydrogen-bond donors (Lipinski definition) is 2. The van der Waals surface area contributed by atoms with Crippen molar-refractivity contribution in [1.82, 2.24) is 9.62 Å². The third-order valence-electron chi connectivity index (χ3n) is 4.17. The van der Waals surface area contributed by atoms with E-state index in [0.717, 1.165) is 37.8 Å². The van der Waals surface area contributed by atoms with Crippen molar-refractivity contribution in [3.05, 3.63) is 23.8 Å². The number of nitrogens with one attached hydrogen (secondary N) is 1. The molecule has 1 aromatic rings. The molecule has 1 aliphatic carbocycles. The Hall–Kier alpha value is -2.13. The number of aromatic hydroxyl groups is 1. The molecule has 1 saturated carbocycles. The highest BCUT2D eigenvalue weighted by atomic mass is 32.2. The summed E-state index contributed by atoms with van der Waals surface area (Å²) < 4.78 is 31.3. The van der Waals surface area contributed by atoms with Crippen LogP contribution < -0.4 is 5.32 Å². The number of amides is 1. The number of esters is 1. The summed E-state index contributed by atoms with van der Waals surface area (Å²) in [7, 11) is -3.72. The number of carbonyl (C=O) groups excluding carboxylic acids is 2. The Morgan fingerprint density at radius 2 is 1.92 bits per heavy atom. The Balaban J connectivity index is 1.72. The van der Waals surface area contributed by atoms with E-state index in [1.807, 2.05) is 0 Å². The third-order valence-corrected chi connectivity index (χ3v) is 6.06. The Morgan fingerprint density at radius 1 is 1.24 bits per heavy atom. The van der Waals surface area contributed by atoms with Gasteiger partial charge in [-0.2, -0.15) is 4.31 Å². The smallest absolute Gasteiger partial charge is 0.342 e. The molecular weight excluding hydrogens is 348 g/mol. The lowest BCUT2D eigenvalue weighted by Crippen LogP contribution is -2.30. The van der Waals surface area contributed by atoms with E-state index < -0.39 is 34.3 Å². The van der Waals surface area contributed by atoms with Gasteiger partial charge in [0.2, 0.25) is 10.0 Å². The van der Waals surface area contributed by atoms with Gasteiger partial charge >= 0.3 is 5.97 Å². The molecule has 1 aliphatic heterocycles. The van der Waals surface area contributed by atoms with Gasteiger partial charge in [0.1, 0.15) is 11.3 Å². The molecule has 0 radical (unpaired) electrons. The molecule has 2 aliphatic rings. The van der Waals surface area contributed by atoms with Gasteiger partial charge < -0.3 is 15.2 Å². The van der Waals surface area contributed by atoms with Gasteiger partial charge in [0, 0.05) is 19.1 Å². The molecule has 1 heterocycles. The molecule has 1 aromatic carbocycles. The average molecular weight is 368 g/mol. The molecule has 3 rings (SSSR count). The minimum Gasteiger partial charge on any atom is -0.507 e. The minimum atomic E-state index is -3.72. The van der Waals surface area contributed by atoms with E-state index >= 15 is 0 Å². The molecule has 0 spiro atoms. The van der Waals surface area contributed by atoms with E-state index in [1.54, 1.807) is 0 Å². The summed E-state index contributed by atoms with van der Waals surface area (Å²) >= 11 is 0. The standard InChI is InChI=1S/C16H20N2O6S/c19-14-6-5-12(25(22,23)18-7-1-2-8-18)9-13(14)16(21)24-10-15(20)17-11-3-4-11/h5-6,9,11,19H,1-4,7-8,10H2,(H,17,20). The van der Waals surface area contributed by atoms with Gasteiger partial charge in [0.15, 0.2) is 6.61 Å². The van der Waals surface area contributed by atoms with Crippen molar-refractivity contribution in [3.63, 3.8) is 0 Å². The lowest BCUT2D eigenvalue weighted by atomic mass is 10.2. The lowest BCUT2D eigenvalue weighted by Gasteiger charge is -2.16. The molecule has 9 heteroatoms. The van der Waals surface area contributed by atoms with Gasteiger partial charge in [-0.25, -0.2) is 13.2 Å². The highest BCUT2D eigenvalue weighted by molar-refractivity contribution is 7.89. The molecule has 0 unspecified atom stereocenters. The summed E-state index contributed by atoms with van der Waals surface area (Å²) in [5.41, 5.74) is -0.278. The number of hydrogen-bond acceptors (Lipinski definition) is 6. The van der Waals surface area contributed by atoms with Gasteiger partial charge in [0.05, 0.1) is 4.90 Å². The summed E-state index contributed by atoms with van der Waals surface area (Å²) in [5.74, 6) is -1.76. The van der Waals surface area contributed by atoms with E-state index in [0.29, 0.717) is 13.1 Å². The number of ether oxygens (including phenoxy) is 1. The fourth-order valence-corrected chi connectivity index (χ4v) is 4.17. The van der Waals surface area contributed by atoms with Crippen LogP contribution in [0.3, 0.4) is 0 Å². The lowest BCUT2D eigenvalue weighted by molar-refractivity contribution is -0.124. The molecule has 0 atom stereocenters. The molecule has 2 N–H and O–H groups in total. The summed E-state index contributed by atoms with van der Waals surface area (Å²) in [5, 5.41) is 12.5. The Labute approximate surface area is 145 Å². The van der Waals surface area contributed by atoms with E-state index in [-0.39, 0.29) is 16.5 Å². The zero-order valence-electron chi connectivity index (χ0n) is 13.6. The quantitative estimate of drug-likeness (QED) is 0.712. The van der Waals surface area contributed by atoms with Crippen molar-refractivity contribution >= 4 is 21.9 Å². The number of sulfonamides is 1. The number of carbonyl (C=O) groups is 2. The van der Waals surface area contributed by atoms with Crippen molar-refractivity contribution in [3.8, 4) is 5.75 Å². The van der Waals surface area contributed by atoms with Crippen molar-refractivity contribution in [2.24, 2.45) is 0 Å². The van der Waals surface area contributed by atoms with Crippen LogP contribution in [0.2, 0.25) is 0 Å². The predicted molar refractivity (Wildman–Crippen MR) is 87.5 cm³/mol. The predicted octanol–water partition coefficient (Wildman–Crippen LogP) is 0.612. The van der Waals surface area contributed by atoms with Gasteiger partial charge in [0.25, 0.3) is 5.91 Å². The molecule has 0 bridgehead atoms. The van der Waals surface area contributed by atoms with Crippen molar-refractivity contribution in [1.29, 1.82) is 0 Å². The Morgan fingerprint density at radius 3 is 2.56 bits per heavy atom. The van der Waals surface area contributed by atoms with Crippen LogP contribution in [0.4, 0.5) is 0 Å². The Bertz CT molecular complexity index is 782. The van der Waals surface area contributed by atoms with Crippen molar-refractivity contribution in [2.45, 2.75) is 36.6 Å². The first-order valence-electron chi connectivity index (χ1n) is 8.17. The molecule has 1 amide bonds. The maximum atomic E-state index is 12.5. The summed E-state index contributed by atoms with van der Waals surface area (Å²) in [6.07, 6.45) is 3.42. The molecule has 25 heavy (non-hydrogen) atoms. The maximum absolute atomic E-state index is 12.5. The maximum Gasteiger partial charge on any atom is 0.342 e. The highest BCUT2D eigenvalue weighted by Crippen LogP contribution is 2.26. The number of nitrogens with zero attached hydrogens (tertiary/aromatic N) is 1. The third kappa shape index (κ3) is 4.10. The summed E-state index contributed by atoms with van der Waals surface area (Å²) in [6.45, 7) is 0.395. The molecule has 8 nitrogen and oxygen atoms in total. The zero-order chi connectivity index (χ0) is 18.0. The second kappa shape index (κ2) is 7.01. The first-order chi connectivity index (χ1) is 11.9. The van der Waals surface area contributed by atoms with E-state index in [4.69, 9.17) is 4.74 Å². The first-order valence-corrected chi connectivity index (χ1v) is 9.61. The SMILES string of the molecule is O=C(COC(=O)c1cc(S(=O)(=O)N2CCCC2)ccc1O)NC1CC1. The Kier molecular flexibility index (Phi) is 4.96. The second-order valence-corrected chi connectivity index (χ2v) is 8.15. The van der Waals surface area contributed by atoms with Crippen LogP contribution in [0.1, 0.15) is 36.0 Å². The first kappa shape index (κ1) is 17.7. The number of phenols is 1. The van der Waals surface area contributed by atoms with Crippen molar-refractivity contribution in [2.75, 3.05) is 19.7 Å². The summed E-state index contributed by atoms with van der Waals surface area (Å²) in [4.78, 5) is 23.6. The van der Waals surface area contributed by atoms with Crippen LogP contribution in [0.25, 0.3) is 0 Å². The molecule has 0 aromatic heterocycles. The van der Waals surface area contributed by atoms with Crippen LogP contribution in [0, 0.1) is 0 Å². The molecular formula is C16H20N2O6S. The van der Waals surface area contributed by atoms with Crippen molar-refractivity contribution < 1.29 is 27.9 Å². The van der Waals surface area contributed by atoms with Crippen LogP contribution in [-0.2, 0) is 19.6 Å². The summed E-state index contributed by atoms with van der Waals surface area (Å²) in [6, 6.07) is 3.63. The minimum absolute atomic E-state index is 0.0819. The van der Waals surface area contributed by atoms with Crippen LogP contribution in [0.15, 0.2) is 23.1 Å². The second-order valence-electron chi connectivity index (χ2n) is 6.21. The average Bonchev–Trinajstić information content (AvgIpc) is 3.20. The number of rotatable bonds is 6. The van der Waals surface area contributed by atoms with Crippen LogP contribution in [0.5, 0.6) is 5.75 Å². The highest BCUT2D eigenvalue weighted by Gasteiger charge is 2.29. The molecule has 136 valence electrons. The van der Waals surface area contributed by atoms with Gasteiger partial charge in [-0.1, -0.05) is 0 Å². The zero-order valence-corrected chi connectivity index (χ0v) is 14.4. The number of phenolic OH excluding ortho intramolecular Hbond substituents is 1. The monoisotopic (exact) mass is 368 g/mol. The topological polar surface area (TPSA) is 113 Å². The molecule has 2 fully saturated rings. The van der Waals surface area contributed by atoms with E-state index in [9.17, 15) is 23.1 Å². The van der Waals surface area contributed by atoms with Gasteiger partial charge in [-0.15, -0.1) is 0 Å². The molecule has 1 saturated heterocycles. The fourth-order valence-electron chi connectivity index (χ4n) is 2.62. The van der Waals surface area contributed by atoms with Gasteiger partial charge in [-0.05, 0) is 43.9 Å². The fraction of sp³-hybridized carbons (Fsp3) is 0.500. The van der Waals surface area contributed by atoms with E-state index in [1.165, 1.54) is 10.4 Å². The number of benzene rings is 1. The van der Waals surface area contributed by atoms with Gasteiger partial charge in [-0.3, -0.25) is 4.79 Å².